The van der Waals surface area contributed by atoms with Crippen LogP contribution in [0, 0.1) is 16.0 Å². The predicted octanol–water partition coefficient (Wildman–Crippen LogP) is 2.64. The van der Waals surface area contributed by atoms with Gasteiger partial charge in [-0.2, -0.15) is 0 Å². The van der Waals surface area contributed by atoms with E-state index in [0.717, 1.165) is 5.56 Å². The van der Waals surface area contributed by atoms with Crippen molar-refractivity contribution >= 4 is 11.5 Å². The van der Waals surface area contributed by atoms with Crippen LogP contribution in [0.3, 0.4) is 0 Å². The van der Waals surface area contributed by atoms with Gasteiger partial charge in [0.05, 0.1) is 11.5 Å². The van der Waals surface area contributed by atoms with Crippen LogP contribution in [0.4, 0.5) is 5.69 Å². The largest absolute Gasteiger partial charge is 0.301 e. The summed E-state index contributed by atoms with van der Waals surface area (Å²) in [6.45, 7) is 7.77. The van der Waals surface area contributed by atoms with Crippen molar-refractivity contribution in [2.24, 2.45) is 5.92 Å². The summed E-state index contributed by atoms with van der Waals surface area (Å²) >= 11 is 0. The standard InChI is InChI=1S/C14H20N2O3/c1-10(2)13(17)9-15-14(3,4)11-6-5-7-12(8-11)16(18)19/h5-8,10,15H,9H2,1-4H3. The fraction of sp³-hybridized carbons (Fsp3) is 0.500. The van der Waals surface area contributed by atoms with Crippen molar-refractivity contribution in [2.45, 2.75) is 33.2 Å². The third kappa shape index (κ3) is 4.13. The highest BCUT2D eigenvalue weighted by Crippen LogP contribution is 2.23. The van der Waals surface area contributed by atoms with E-state index in [-0.39, 0.29) is 23.9 Å². The zero-order valence-electron chi connectivity index (χ0n) is 11.8. The van der Waals surface area contributed by atoms with Crippen LogP contribution in [-0.4, -0.2) is 17.3 Å². The van der Waals surface area contributed by atoms with E-state index in [9.17, 15) is 14.9 Å². The molecule has 0 aliphatic heterocycles. The molecule has 0 fully saturated rings. The zero-order valence-corrected chi connectivity index (χ0v) is 11.8. The van der Waals surface area contributed by atoms with Crippen LogP contribution in [0.15, 0.2) is 24.3 Å². The summed E-state index contributed by atoms with van der Waals surface area (Å²) in [5.74, 6) is 0.104. The van der Waals surface area contributed by atoms with Crippen LogP contribution in [0.25, 0.3) is 0 Å². The number of Topliss-reactive ketones (excluding diaryl/α,β-unsaturated/α-hetero) is 1. The first-order valence-corrected chi connectivity index (χ1v) is 6.26. The summed E-state index contributed by atoms with van der Waals surface area (Å²) in [5, 5.41) is 13.9. The molecule has 1 rings (SSSR count). The second kappa shape index (κ2) is 5.93. The number of non-ortho nitro benzene ring substituents is 1. The molecule has 5 nitrogen and oxygen atoms in total. The van der Waals surface area contributed by atoms with E-state index in [4.69, 9.17) is 0 Å². The van der Waals surface area contributed by atoms with Gasteiger partial charge in [-0.25, -0.2) is 0 Å². The molecule has 0 amide bonds. The summed E-state index contributed by atoms with van der Waals surface area (Å²) in [7, 11) is 0. The van der Waals surface area contributed by atoms with E-state index in [1.54, 1.807) is 6.07 Å². The number of nitrogens with one attached hydrogen (secondary N) is 1. The van der Waals surface area contributed by atoms with Crippen molar-refractivity contribution in [3.05, 3.63) is 39.9 Å². The molecule has 5 heteroatoms. The van der Waals surface area contributed by atoms with Gasteiger partial charge in [0.2, 0.25) is 0 Å². The molecule has 0 spiro atoms. The molecule has 0 unspecified atom stereocenters. The van der Waals surface area contributed by atoms with E-state index >= 15 is 0 Å². The summed E-state index contributed by atoms with van der Waals surface area (Å²) in [4.78, 5) is 22.0. The molecule has 0 aromatic heterocycles. The van der Waals surface area contributed by atoms with Gasteiger partial charge in [0.1, 0.15) is 5.78 Å². The minimum Gasteiger partial charge on any atom is -0.301 e. The van der Waals surface area contributed by atoms with Gasteiger partial charge in [-0.15, -0.1) is 0 Å². The maximum absolute atomic E-state index is 11.6. The maximum Gasteiger partial charge on any atom is 0.269 e. The lowest BCUT2D eigenvalue weighted by Crippen LogP contribution is -2.40. The van der Waals surface area contributed by atoms with E-state index in [1.165, 1.54) is 12.1 Å². The van der Waals surface area contributed by atoms with Gasteiger partial charge in [-0.05, 0) is 19.4 Å². The smallest absolute Gasteiger partial charge is 0.269 e. The molecule has 104 valence electrons. The van der Waals surface area contributed by atoms with E-state index in [1.807, 2.05) is 33.8 Å². The number of carbonyl (C=O) groups is 1. The fourth-order valence-electron chi connectivity index (χ4n) is 1.62. The number of nitro groups is 1. The minimum atomic E-state index is -0.490. The Morgan fingerprint density at radius 2 is 2.05 bits per heavy atom. The first-order chi connectivity index (χ1) is 8.74. The fourth-order valence-corrected chi connectivity index (χ4v) is 1.62. The van der Waals surface area contributed by atoms with Crippen LogP contribution < -0.4 is 5.32 Å². The molecule has 1 aromatic carbocycles. The molecule has 1 aromatic rings. The zero-order chi connectivity index (χ0) is 14.6. The van der Waals surface area contributed by atoms with Crippen molar-refractivity contribution in [3.8, 4) is 0 Å². The summed E-state index contributed by atoms with van der Waals surface area (Å²) < 4.78 is 0. The summed E-state index contributed by atoms with van der Waals surface area (Å²) in [6, 6.07) is 6.46. The SMILES string of the molecule is CC(C)C(=O)CNC(C)(C)c1cccc([N+](=O)[O-])c1. The van der Waals surface area contributed by atoms with Gasteiger partial charge < -0.3 is 5.32 Å². The quantitative estimate of drug-likeness (QED) is 0.633. The third-order valence-corrected chi connectivity index (χ3v) is 3.13. The summed E-state index contributed by atoms with van der Waals surface area (Å²) in [5.41, 5.74) is 0.358. The average Bonchev–Trinajstić information content (AvgIpc) is 2.36. The number of nitrogens with zero attached hydrogens (tertiary/aromatic N) is 1. The molecule has 0 bridgehead atoms. The monoisotopic (exact) mass is 264 g/mol. The number of hydrogen-bond donors (Lipinski definition) is 1. The number of hydrogen-bond acceptors (Lipinski definition) is 4. The van der Waals surface area contributed by atoms with Gasteiger partial charge in [-0.1, -0.05) is 26.0 Å². The van der Waals surface area contributed by atoms with Crippen molar-refractivity contribution in [1.29, 1.82) is 0 Å². The topological polar surface area (TPSA) is 72.2 Å². The number of carbonyl (C=O) groups excluding carboxylic acids is 1. The molecule has 0 radical (unpaired) electrons. The first-order valence-electron chi connectivity index (χ1n) is 6.26. The number of nitro benzene ring substituents is 1. The van der Waals surface area contributed by atoms with Crippen molar-refractivity contribution < 1.29 is 9.72 Å². The summed E-state index contributed by atoms with van der Waals surface area (Å²) in [6.07, 6.45) is 0. The van der Waals surface area contributed by atoms with Crippen molar-refractivity contribution in [2.75, 3.05) is 6.54 Å². The van der Waals surface area contributed by atoms with Crippen LogP contribution in [0.1, 0.15) is 33.3 Å². The van der Waals surface area contributed by atoms with Gasteiger partial charge in [0.25, 0.3) is 5.69 Å². The molecular weight excluding hydrogens is 244 g/mol. The highest BCUT2D eigenvalue weighted by atomic mass is 16.6. The molecule has 0 saturated carbocycles. The predicted molar refractivity (Wildman–Crippen MR) is 74.0 cm³/mol. The molecule has 19 heavy (non-hydrogen) atoms. The van der Waals surface area contributed by atoms with Crippen LogP contribution in [-0.2, 0) is 10.3 Å². The number of benzene rings is 1. The Morgan fingerprint density at radius 1 is 1.42 bits per heavy atom. The van der Waals surface area contributed by atoms with Gasteiger partial charge in [-0.3, -0.25) is 14.9 Å². The third-order valence-electron chi connectivity index (χ3n) is 3.13. The molecule has 0 atom stereocenters. The second-order valence-corrected chi connectivity index (χ2v) is 5.41. The Bertz CT molecular complexity index is 481. The Hall–Kier alpha value is -1.75. The molecule has 0 aliphatic carbocycles. The molecule has 0 aliphatic rings. The second-order valence-electron chi connectivity index (χ2n) is 5.41. The van der Waals surface area contributed by atoms with Crippen molar-refractivity contribution in [1.82, 2.24) is 5.32 Å². The molecule has 0 heterocycles. The van der Waals surface area contributed by atoms with Crippen molar-refractivity contribution in [3.63, 3.8) is 0 Å². The lowest BCUT2D eigenvalue weighted by atomic mass is 9.93. The normalized spacial score (nSPS) is 11.6. The molecule has 1 N–H and O–H groups in total. The van der Waals surface area contributed by atoms with Crippen LogP contribution >= 0.6 is 0 Å². The van der Waals surface area contributed by atoms with E-state index in [2.05, 4.69) is 5.32 Å². The highest BCUT2D eigenvalue weighted by molar-refractivity contribution is 5.82. The lowest BCUT2D eigenvalue weighted by molar-refractivity contribution is -0.385. The molecular formula is C14H20N2O3. The van der Waals surface area contributed by atoms with Gasteiger partial charge >= 0.3 is 0 Å². The molecule has 0 saturated heterocycles. The Labute approximate surface area is 113 Å². The Balaban J connectivity index is 2.84. The Morgan fingerprint density at radius 3 is 2.58 bits per heavy atom. The van der Waals surface area contributed by atoms with Gasteiger partial charge in [0.15, 0.2) is 0 Å². The number of rotatable bonds is 6. The Kier molecular flexibility index (Phi) is 4.78. The van der Waals surface area contributed by atoms with E-state index in [0.29, 0.717) is 0 Å². The van der Waals surface area contributed by atoms with Gasteiger partial charge in [0, 0.05) is 23.6 Å². The maximum atomic E-state index is 11.6. The first kappa shape index (κ1) is 15.3. The van der Waals surface area contributed by atoms with E-state index < -0.39 is 10.5 Å². The highest BCUT2D eigenvalue weighted by Gasteiger charge is 2.23. The minimum absolute atomic E-state index is 0.0200. The average molecular weight is 264 g/mol. The van der Waals surface area contributed by atoms with Crippen LogP contribution in [0.5, 0.6) is 0 Å². The number of ketones is 1. The lowest BCUT2D eigenvalue weighted by Gasteiger charge is -2.27. The van der Waals surface area contributed by atoms with Crippen LogP contribution in [0.2, 0.25) is 0 Å².